The van der Waals surface area contributed by atoms with E-state index in [9.17, 15) is 0 Å². The molecule has 0 bridgehead atoms. The molecule has 3 heteroatoms. The fourth-order valence-electron chi connectivity index (χ4n) is 1.96. The Balaban J connectivity index is 2.21. The van der Waals surface area contributed by atoms with Crippen molar-refractivity contribution in [3.05, 3.63) is 54.4 Å². The number of hydrogen-bond donors (Lipinski definition) is 1. The molecule has 0 spiro atoms. The van der Waals surface area contributed by atoms with Crippen LogP contribution in [0, 0.1) is 6.92 Å². The molecule has 3 rings (SSSR count). The molecule has 0 unspecified atom stereocenters. The van der Waals surface area contributed by atoms with Crippen molar-refractivity contribution in [3.63, 3.8) is 0 Å². The normalized spacial score (nSPS) is 10.9. The largest absolute Gasteiger partial charge is 0.399 e. The Bertz CT molecular complexity index is 666. The third kappa shape index (κ3) is 1.65. The molecule has 0 radical (unpaired) electrons. The first-order valence-corrected chi connectivity index (χ1v) is 5.54. The van der Waals surface area contributed by atoms with Gasteiger partial charge in [-0.15, -0.1) is 0 Å². The first-order chi connectivity index (χ1) is 8.24. The molecule has 0 fully saturated rings. The van der Waals surface area contributed by atoms with Crippen molar-refractivity contribution >= 4 is 16.7 Å². The van der Waals surface area contributed by atoms with Crippen molar-refractivity contribution < 1.29 is 0 Å². The van der Waals surface area contributed by atoms with Crippen molar-refractivity contribution in [2.45, 2.75) is 6.92 Å². The second-order valence-corrected chi connectivity index (χ2v) is 4.20. The van der Waals surface area contributed by atoms with Gasteiger partial charge in [-0.25, -0.2) is 4.98 Å². The second kappa shape index (κ2) is 3.63. The minimum atomic E-state index is 0.772. The van der Waals surface area contributed by atoms with Gasteiger partial charge in [0.15, 0.2) is 0 Å². The molecule has 0 amide bonds. The van der Waals surface area contributed by atoms with Crippen molar-refractivity contribution in [3.8, 4) is 5.69 Å². The van der Waals surface area contributed by atoms with Crippen LogP contribution in [0.25, 0.3) is 16.7 Å². The molecule has 2 aromatic carbocycles. The van der Waals surface area contributed by atoms with Gasteiger partial charge >= 0.3 is 0 Å². The minimum Gasteiger partial charge on any atom is -0.399 e. The van der Waals surface area contributed by atoms with Gasteiger partial charge in [0.1, 0.15) is 6.33 Å². The van der Waals surface area contributed by atoms with Gasteiger partial charge in [-0.1, -0.05) is 6.07 Å². The van der Waals surface area contributed by atoms with Crippen LogP contribution in [0.2, 0.25) is 0 Å². The van der Waals surface area contributed by atoms with Gasteiger partial charge in [-0.05, 0) is 48.9 Å². The summed E-state index contributed by atoms with van der Waals surface area (Å²) in [4.78, 5) is 4.41. The molecule has 0 aliphatic carbocycles. The highest BCUT2D eigenvalue weighted by Gasteiger charge is 2.04. The molecule has 84 valence electrons. The van der Waals surface area contributed by atoms with Gasteiger partial charge in [-0.3, -0.25) is 4.57 Å². The summed E-state index contributed by atoms with van der Waals surface area (Å²) in [6.07, 6.45) is 1.84. The molecule has 1 aromatic heterocycles. The number of benzene rings is 2. The minimum absolute atomic E-state index is 0.772. The maximum Gasteiger partial charge on any atom is 0.100 e. The second-order valence-electron chi connectivity index (χ2n) is 4.20. The highest BCUT2D eigenvalue weighted by atomic mass is 15.0. The summed E-state index contributed by atoms with van der Waals surface area (Å²) in [6.45, 7) is 2.07. The van der Waals surface area contributed by atoms with Crippen LogP contribution in [0.5, 0.6) is 0 Å². The van der Waals surface area contributed by atoms with E-state index in [2.05, 4.69) is 34.7 Å². The summed E-state index contributed by atoms with van der Waals surface area (Å²) in [5, 5.41) is 0. The molecule has 0 aliphatic rings. The monoisotopic (exact) mass is 223 g/mol. The average Bonchev–Trinajstić information content (AvgIpc) is 2.73. The summed E-state index contributed by atoms with van der Waals surface area (Å²) in [7, 11) is 0. The van der Waals surface area contributed by atoms with E-state index in [0.717, 1.165) is 22.4 Å². The number of anilines is 1. The smallest absolute Gasteiger partial charge is 0.100 e. The quantitative estimate of drug-likeness (QED) is 0.644. The molecule has 2 N–H and O–H groups in total. The Morgan fingerprint density at radius 2 is 1.82 bits per heavy atom. The van der Waals surface area contributed by atoms with E-state index in [1.54, 1.807) is 0 Å². The Morgan fingerprint density at radius 3 is 2.59 bits per heavy atom. The highest BCUT2D eigenvalue weighted by molar-refractivity contribution is 5.78. The van der Waals surface area contributed by atoms with Crippen molar-refractivity contribution in [1.29, 1.82) is 0 Å². The summed E-state index contributed by atoms with van der Waals surface area (Å²) < 4.78 is 2.06. The van der Waals surface area contributed by atoms with E-state index < -0.39 is 0 Å². The van der Waals surface area contributed by atoms with Crippen molar-refractivity contribution in [1.82, 2.24) is 9.55 Å². The van der Waals surface area contributed by atoms with E-state index >= 15 is 0 Å². The van der Waals surface area contributed by atoms with Gasteiger partial charge in [0.2, 0.25) is 0 Å². The lowest BCUT2D eigenvalue weighted by atomic mass is 10.2. The van der Waals surface area contributed by atoms with Crippen LogP contribution in [0.1, 0.15) is 5.56 Å². The molecule has 3 nitrogen and oxygen atoms in total. The van der Waals surface area contributed by atoms with Gasteiger partial charge in [0.25, 0.3) is 0 Å². The van der Waals surface area contributed by atoms with E-state index in [1.165, 1.54) is 5.56 Å². The van der Waals surface area contributed by atoms with Gasteiger partial charge in [-0.2, -0.15) is 0 Å². The third-order valence-corrected chi connectivity index (χ3v) is 2.87. The highest BCUT2D eigenvalue weighted by Crippen LogP contribution is 2.19. The van der Waals surface area contributed by atoms with E-state index in [1.807, 2.05) is 30.6 Å². The predicted molar refractivity (Wildman–Crippen MR) is 70.2 cm³/mol. The third-order valence-electron chi connectivity index (χ3n) is 2.87. The summed E-state index contributed by atoms with van der Waals surface area (Å²) in [5.41, 5.74) is 10.9. The zero-order valence-corrected chi connectivity index (χ0v) is 9.59. The number of imidazole rings is 1. The SMILES string of the molecule is Cc1ccc2c(c1)ncn2-c1ccc(N)cc1. The zero-order chi connectivity index (χ0) is 11.8. The first-order valence-electron chi connectivity index (χ1n) is 5.54. The maximum atomic E-state index is 5.69. The van der Waals surface area contributed by atoms with Crippen LogP contribution >= 0.6 is 0 Å². The number of rotatable bonds is 1. The molecule has 0 atom stereocenters. The van der Waals surface area contributed by atoms with Crippen LogP contribution < -0.4 is 5.73 Å². The number of aryl methyl sites for hydroxylation is 1. The fourth-order valence-corrected chi connectivity index (χ4v) is 1.96. The van der Waals surface area contributed by atoms with Crippen LogP contribution in [-0.2, 0) is 0 Å². The average molecular weight is 223 g/mol. The van der Waals surface area contributed by atoms with Crippen LogP contribution in [-0.4, -0.2) is 9.55 Å². The van der Waals surface area contributed by atoms with Gasteiger partial charge < -0.3 is 5.73 Å². The Hall–Kier alpha value is -2.29. The Morgan fingerprint density at radius 1 is 1.06 bits per heavy atom. The number of aromatic nitrogens is 2. The molecule has 1 heterocycles. The van der Waals surface area contributed by atoms with E-state index in [0.29, 0.717) is 0 Å². The van der Waals surface area contributed by atoms with Gasteiger partial charge in [0, 0.05) is 11.4 Å². The Labute approximate surface area is 99.5 Å². The molecular weight excluding hydrogens is 210 g/mol. The summed E-state index contributed by atoms with van der Waals surface area (Å²) in [5.74, 6) is 0. The van der Waals surface area contributed by atoms with Crippen LogP contribution in [0.3, 0.4) is 0 Å². The summed E-state index contributed by atoms with van der Waals surface area (Å²) in [6, 6.07) is 14.1. The number of fused-ring (bicyclic) bond motifs is 1. The number of nitrogen functional groups attached to an aromatic ring is 1. The first kappa shape index (κ1) is 9.90. The lowest BCUT2D eigenvalue weighted by Crippen LogP contribution is -1.92. The topological polar surface area (TPSA) is 43.8 Å². The molecule has 0 saturated carbocycles. The van der Waals surface area contributed by atoms with E-state index in [4.69, 9.17) is 5.73 Å². The number of nitrogens with two attached hydrogens (primary N) is 1. The molecule has 0 aliphatic heterocycles. The molecular formula is C14H13N3. The molecule has 0 saturated heterocycles. The number of hydrogen-bond acceptors (Lipinski definition) is 2. The van der Waals surface area contributed by atoms with Gasteiger partial charge in [0.05, 0.1) is 11.0 Å². The van der Waals surface area contributed by atoms with E-state index in [-0.39, 0.29) is 0 Å². The summed E-state index contributed by atoms with van der Waals surface area (Å²) >= 11 is 0. The molecule has 3 aromatic rings. The number of nitrogens with zero attached hydrogens (tertiary/aromatic N) is 2. The maximum absolute atomic E-state index is 5.69. The standard InChI is InChI=1S/C14H13N3/c1-10-2-7-14-13(8-10)16-9-17(14)12-5-3-11(15)4-6-12/h2-9H,15H2,1H3. The predicted octanol–water partition coefficient (Wildman–Crippen LogP) is 2.92. The molecule has 17 heavy (non-hydrogen) atoms. The van der Waals surface area contributed by atoms with Crippen molar-refractivity contribution in [2.75, 3.05) is 5.73 Å². The Kier molecular flexibility index (Phi) is 2.11. The lowest BCUT2D eigenvalue weighted by molar-refractivity contribution is 1.09. The lowest BCUT2D eigenvalue weighted by Gasteiger charge is -2.04. The van der Waals surface area contributed by atoms with Crippen LogP contribution in [0.15, 0.2) is 48.8 Å². The van der Waals surface area contributed by atoms with Crippen molar-refractivity contribution in [2.24, 2.45) is 0 Å². The van der Waals surface area contributed by atoms with Crippen LogP contribution in [0.4, 0.5) is 5.69 Å². The fraction of sp³-hybridized carbons (Fsp3) is 0.0714. The zero-order valence-electron chi connectivity index (χ0n) is 9.59.